The maximum atomic E-state index is 5.39. The SMILES string of the molecule is CCN(C)CCc1cc2c(cc1C)OCO2. The van der Waals surface area contributed by atoms with Crippen molar-refractivity contribution >= 4 is 0 Å². The molecule has 0 spiro atoms. The zero-order valence-electron chi connectivity index (χ0n) is 10.2. The van der Waals surface area contributed by atoms with Crippen molar-refractivity contribution in [1.82, 2.24) is 4.90 Å². The summed E-state index contributed by atoms with van der Waals surface area (Å²) in [6.07, 6.45) is 1.06. The number of hydrogen-bond donors (Lipinski definition) is 0. The number of likely N-dealkylation sites (N-methyl/N-ethyl adjacent to an activating group) is 1. The molecule has 1 aromatic carbocycles. The maximum absolute atomic E-state index is 5.39. The van der Waals surface area contributed by atoms with Crippen LogP contribution in [0.1, 0.15) is 18.1 Å². The Hall–Kier alpha value is -1.22. The number of aryl methyl sites for hydroxylation is 1. The van der Waals surface area contributed by atoms with Crippen molar-refractivity contribution in [3.8, 4) is 11.5 Å². The summed E-state index contributed by atoms with van der Waals surface area (Å²) in [5.41, 5.74) is 2.64. The molecule has 1 heterocycles. The van der Waals surface area contributed by atoms with Gasteiger partial charge in [0.05, 0.1) is 0 Å². The minimum absolute atomic E-state index is 0.354. The summed E-state index contributed by atoms with van der Waals surface area (Å²) in [4.78, 5) is 2.31. The van der Waals surface area contributed by atoms with Gasteiger partial charge in [-0.05, 0) is 50.2 Å². The average Bonchev–Trinajstić information content (AvgIpc) is 2.72. The van der Waals surface area contributed by atoms with E-state index in [-0.39, 0.29) is 0 Å². The molecule has 0 amide bonds. The van der Waals surface area contributed by atoms with Crippen LogP contribution < -0.4 is 9.47 Å². The highest BCUT2D eigenvalue weighted by Crippen LogP contribution is 2.34. The minimum atomic E-state index is 0.354. The van der Waals surface area contributed by atoms with Crippen molar-refractivity contribution in [2.45, 2.75) is 20.3 Å². The molecule has 0 unspecified atom stereocenters. The van der Waals surface area contributed by atoms with Gasteiger partial charge in [-0.1, -0.05) is 6.92 Å². The molecular formula is C13H19NO2. The molecule has 88 valence electrons. The normalized spacial score (nSPS) is 13.5. The van der Waals surface area contributed by atoms with E-state index in [4.69, 9.17) is 9.47 Å². The zero-order valence-corrected chi connectivity index (χ0v) is 10.2. The summed E-state index contributed by atoms with van der Waals surface area (Å²) in [5, 5.41) is 0. The lowest BCUT2D eigenvalue weighted by Crippen LogP contribution is -2.20. The highest BCUT2D eigenvalue weighted by atomic mass is 16.7. The molecule has 16 heavy (non-hydrogen) atoms. The molecule has 0 fully saturated rings. The van der Waals surface area contributed by atoms with Crippen LogP contribution in [0.3, 0.4) is 0 Å². The van der Waals surface area contributed by atoms with Crippen molar-refractivity contribution in [2.75, 3.05) is 26.9 Å². The molecule has 1 aliphatic rings. The first-order valence-electron chi connectivity index (χ1n) is 5.78. The fraction of sp³-hybridized carbons (Fsp3) is 0.538. The highest BCUT2D eigenvalue weighted by molar-refractivity contribution is 5.48. The predicted octanol–water partition coefficient (Wildman–Crippen LogP) is 2.22. The third-order valence-electron chi connectivity index (χ3n) is 3.13. The van der Waals surface area contributed by atoms with Crippen LogP contribution in [0.15, 0.2) is 12.1 Å². The van der Waals surface area contributed by atoms with Crippen LogP contribution in [-0.4, -0.2) is 31.8 Å². The lowest BCUT2D eigenvalue weighted by molar-refractivity contribution is 0.174. The van der Waals surface area contributed by atoms with Gasteiger partial charge in [0.25, 0.3) is 0 Å². The summed E-state index contributed by atoms with van der Waals surface area (Å²) in [6.45, 7) is 6.82. The summed E-state index contributed by atoms with van der Waals surface area (Å²) in [5.74, 6) is 1.77. The van der Waals surface area contributed by atoms with Crippen molar-refractivity contribution in [2.24, 2.45) is 0 Å². The van der Waals surface area contributed by atoms with Gasteiger partial charge in [-0.15, -0.1) is 0 Å². The van der Waals surface area contributed by atoms with Gasteiger partial charge in [-0.25, -0.2) is 0 Å². The molecule has 1 aromatic rings. The molecule has 0 N–H and O–H groups in total. The van der Waals surface area contributed by atoms with E-state index >= 15 is 0 Å². The fourth-order valence-corrected chi connectivity index (χ4v) is 1.82. The predicted molar refractivity (Wildman–Crippen MR) is 64.2 cm³/mol. The molecule has 0 saturated carbocycles. The van der Waals surface area contributed by atoms with Crippen LogP contribution in [0.25, 0.3) is 0 Å². The van der Waals surface area contributed by atoms with Crippen molar-refractivity contribution in [3.63, 3.8) is 0 Å². The van der Waals surface area contributed by atoms with Gasteiger partial charge >= 0.3 is 0 Å². The number of benzene rings is 1. The zero-order chi connectivity index (χ0) is 11.5. The van der Waals surface area contributed by atoms with Crippen LogP contribution >= 0.6 is 0 Å². The Kier molecular flexibility index (Phi) is 3.34. The Morgan fingerprint density at radius 2 is 1.94 bits per heavy atom. The molecular weight excluding hydrogens is 202 g/mol. The van der Waals surface area contributed by atoms with Crippen LogP contribution in [-0.2, 0) is 6.42 Å². The minimum Gasteiger partial charge on any atom is -0.454 e. The van der Waals surface area contributed by atoms with Crippen molar-refractivity contribution < 1.29 is 9.47 Å². The summed E-state index contributed by atoms with van der Waals surface area (Å²) in [7, 11) is 2.14. The van der Waals surface area contributed by atoms with E-state index in [2.05, 4.69) is 37.9 Å². The van der Waals surface area contributed by atoms with E-state index in [0.29, 0.717) is 6.79 Å². The molecule has 0 bridgehead atoms. The smallest absolute Gasteiger partial charge is 0.231 e. The number of hydrogen-bond acceptors (Lipinski definition) is 3. The lowest BCUT2D eigenvalue weighted by atomic mass is 10.0. The van der Waals surface area contributed by atoms with E-state index in [1.807, 2.05) is 0 Å². The number of nitrogens with zero attached hydrogens (tertiary/aromatic N) is 1. The summed E-state index contributed by atoms with van der Waals surface area (Å²) in [6, 6.07) is 4.19. The van der Waals surface area contributed by atoms with Gasteiger partial charge in [0.15, 0.2) is 11.5 Å². The largest absolute Gasteiger partial charge is 0.454 e. The van der Waals surface area contributed by atoms with Gasteiger partial charge in [-0.3, -0.25) is 0 Å². The van der Waals surface area contributed by atoms with Gasteiger partial charge < -0.3 is 14.4 Å². The molecule has 2 rings (SSSR count). The quantitative estimate of drug-likeness (QED) is 0.778. The molecule has 1 aliphatic heterocycles. The van der Waals surface area contributed by atoms with E-state index in [1.54, 1.807) is 0 Å². The van der Waals surface area contributed by atoms with E-state index in [0.717, 1.165) is 31.0 Å². The van der Waals surface area contributed by atoms with E-state index in [9.17, 15) is 0 Å². The first-order valence-corrected chi connectivity index (χ1v) is 5.78. The van der Waals surface area contributed by atoms with E-state index in [1.165, 1.54) is 11.1 Å². The first kappa shape index (κ1) is 11.3. The maximum Gasteiger partial charge on any atom is 0.231 e. The summed E-state index contributed by atoms with van der Waals surface area (Å²) >= 11 is 0. The Labute approximate surface area is 97.0 Å². The van der Waals surface area contributed by atoms with Gasteiger partial charge in [0.1, 0.15) is 0 Å². The highest BCUT2D eigenvalue weighted by Gasteiger charge is 2.15. The van der Waals surface area contributed by atoms with Crippen LogP contribution in [0.4, 0.5) is 0 Å². The monoisotopic (exact) mass is 221 g/mol. The fourth-order valence-electron chi connectivity index (χ4n) is 1.82. The molecule has 3 nitrogen and oxygen atoms in total. The second-order valence-electron chi connectivity index (χ2n) is 4.28. The van der Waals surface area contributed by atoms with Gasteiger partial charge in [0.2, 0.25) is 6.79 Å². The van der Waals surface area contributed by atoms with Crippen LogP contribution in [0, 0.1) is 6.92 Å². The lowest BCUT2D eigenvalue weighted by Gasteiger charge is -2.14. The molecule has 3 heteroatoms. The number of rotatable bonds is 4. The van der Waals surface area contributed by atoms with Gasteiger partial charge in [-0.2, -0.15) is 0 Å². The second kappa shape index (κ2) is 4.74. The first-order chi connectivity index (χ1) is 7.70. The molecule has 0 saturated heterocycles. The third-order valence-corrected chi connectivity index (χ3v) is 3.13. The van der Waals surface area contributed by atoms with Crippen LogP contribution in [0.2, 0.25) is 0 Å². The van der Waals surface area contributed by atoms with Crippen molar-refractivity contribution in [3.05, 3.63) is 23.3 Å². The molecule has 0 aromatic heterocycles. The average molecular weight is 221 g/mol. The summed E-state index contributed by atoms with van der Waals surface area (Å²) < 4.78 is 10.7. The van der Waals surface area contributed by atoms with E-state index < -0.39 is 0 Å². The van der Waals surface area contributed by atoms with Gasteiger partial charge in [0, 0.05) is 6.54 Å². The molecule has 0 aliphatic carbocycles. The molecule has 0 atom stereocenters. The Bertz CT molecular complexity index is 376. The topological polar surface area (TPSA) is 21.7 Å². The Morgan fingerprint density at radius 1 is 1.25 bits per heavy atom. The second-order valence-corrected chi connectivity index (χ2v) is 4.28. The standard InChI is InChI=1S/C13H19NO2/c1-4-14(3)6-5-11-8-13-12(7-10(11)2)15-9-16-13/h7-8H,4-6,9H2,1-3H3. The Balaban J connectivity index is 2.09. The number of ether oxygens (including phenoxy) is 2. The third kappa shape index (κ3) is 2.30. The number of fused-ring (bicyclic) bond motifs is 1. The Morgan fingerprint density at radius 3 is 2.62 bits per heavy atom. The van der Waals surface area contributed by atoms with Crippen molar-refractivity contribution in [1.29, 1.82) is 0 Å². The molecule has 0 radical (unpaired) electrons. The van der Waals surface area contributed by atoms with Crippen LogP contribution in [0.5, 0.6) is 11.5 Å².